The third-order valence-electron chi connectivity index (χ3n) is 11.1. The lowest BCUT2D eigenvalue weighted by Gasteiger charge is -2.03. The summed E-state index contributed by atoms with van der Waals surface area (Å²) in [5.41, 5.74) is 10.2. The average Bonchev–Trinajstić information content (AvgIpc) is 4.17. The molecule has 12 rings (SSSR count). The molecule has 0 aliphatic heterocycles. The number of nitrogens with one attached hydrogen (secondary N) is 2. The maximum atomic E-state index is 5.09. The maximum absolute atomic E-state index is 5.09. The van der Waals surface area contributed by atoms with Crippen LogP contribution in [0, 0.1) is 27.7 Å². The molecule has 20 heteroatoms. The van der Waals surface area contributed by atoms with Crippen LogP contribution in [-0.2, 0) is 40.0 Å². The van der Waals surface area contributed by atoms with Crippen LogP contribution in [0.3, 0.4) is 0 Å². The first-order chi connectivity index (χ1) is 28.3. The number of aromatic amines is 2. The lowest BCUT2D eigenvalue weighted by molar-refractivity contribution is 0.376. The average molecular weight is 1210 g/mol. The van der Waals surface area contributed by atoms with E-state index in [9.17, 15) is 0 Å². The second-order valence-corrected chi connectivity index (χ2v) is 25.9. The molecule has 6 aliphatic rings. The normalized spacial score (nSPS) is 21.0. The molecule has 0 amide bonds. The van der Waals surface area contributed by atoms with E-state index in [1.807, 2.05) is 64.2 Å². The van der Waals surface area contributed by atoms with E-state index in [-0.39, 0.29) is 25.9 Å². The van der Waals surface area contributed by atoms with Gasteiger partial charge in [0.15, 0.2) is 5.76 Å². The number of hydrogen-bond donors (Lipinski definition) is 2. The van der Waals surface area contributed by atoms with Crippen molar-refractivity contribution in [3.05, 3.63) is 93.7 Å². The molecule has 0 radical (unpaired) electrons. The molecule has 6 aliphatic carbocycles. The Morgan fingerprint density at radius 2 is 1.22 bits per heavy atom. The van der Waals surface area contributed by atoms with Gasteiger partial charge in [-0.05, 0) is 111 Å². The summed E-state index contributed by atoms with van der Waals surface area (Å²) in [5, 5.41) is 37.2. The molecule has 0 aromatic carbocycles. The van der Waals surface area contributed by atoms with Crippen LogP contribution in [0.2, 0.25) is 0 Å². The van der Waals surface area contributed by atoms with Gasteiger partial charge in [-0.15, -0.1) is 10.2 Å². The van der Waals surface area contributed by atoms with E-state index in [0.29, 0.717) is 0 Å². The van der Waals surface area contributed by atoms with Gasteiger partial charge in [-0.25, -0.2) is 0 Å². The van der Waals surface area contributed by atoms with Crippen molar-refractivity contribution in [3.63, 3.8) is 0 Å². The fourth-order valence-electron chi connectivity index (χ4n) is 6.21. The van der Waals surface area contributed by atoms with E-state index in [1.54, 1.807) is 10.9 Å². The van der Waals surface area contributed by atoms with Crippen molar-refractivity contribution in [1.82, 2.24) is 60.7 Å². The molecule has 324 valence electrons. The Bertz CT molecular complexity index is 2090. The Kier molecular flexibility index (Phi) is 13.7. The monoisotopic (exact) mass is 1200 g/mol. The Labute approximate surface area is 400 Å². The number of aromatic nitrogens is 12. The van der Waals surface area contributed by atoms with Crippen molar-refractivity contribution in [2.24, 2.45) is 14.1 Å². The second kappa shape index (κ2) is 17.9. The van der Waals surface area contributed by atoms with Crippen molar-refractivity contribution in [2.75, 3.05) is 0 Å². The largest absolute Gasteiger partial charge is 0.364 e. The number of rotatable bonds is 6. The summed E-state index contributed by atoms with van der Waals surface area (Å²) in [5.74, 6) is 0.977. The van der Waals surface area contributed by atoms with Gasteiger partial charge in [0.25, 0.3) is 0 Å². The molecule has 0 unspecified atom stereocenters. The van der Waals surface area contributed by atoms with E-state index >= 15 is 0 Å². The third kappa shape index (κ3) is 11.6. The first-order valence-corrected chi connectivity index (χ1v) is 24.8. The van der Waals surface area contributed by atoms with Gasteiger partial charge in [-0.1, -0.05) is 116 Å². The van der Waals surface area contributed by atoms with Gasteiger partial charge in [0.2, 0.25) is 0 Å². The minimum Gasteiger partial charge on any atom is -0.364 e. The summed E-state index contributed by atoms with van der Waals surface area (Å²) in [7, 11) is 3.80. The molecular formula is C40H50Br6N12O2. The lowest BCUT2D eigenvalue weighted by atomic mass is 10.2. The van der Waals surface area contributed by atoms with Crippen molar-refractivity contribution in [3.8, 4) is 0 Å². The summed E-state index contributed by atoms with van der Waals surface area (Å²) in [6.45, 7) is 7.99. The lowest BCUT2D eigenvalue weighted by Crippen LogP contribution is -2.04. The molecule has 60 heavy (non-hydrogen) atoms. The highest BCUT2D eigenvalue weighted by Gasteiger charge is 2.47. The zero-order valence-electron chi connectivity index (χ0n) is 34.5. The van der Waals surface area contributed by atoms with Crippen molar-refractivity contribution in [1.29, 1.82) is 0 Å². The van der Waals surface area contributed by atoms with E-state index in [4.69, 9.17) is 9.05 Å². The number of H-pyrrole nitrogens is 2. The Balaban J connectivity index is 0.000000109. The van der Waals surface area contributed by atoms with Crippen LogP contribution in [0.15, 0.2) is 46.0 Å². The second-order valence-electron chi connectivity index (χ2n) is 16.8. The molecule has 2 N–H and O–H groups in total. The predicted molar refractivity (Wildman–Crippen MR) is 250 cm³/mol. The van der Waals surface area contributed by atoms with Gasteiger partial charge >= 0.3 is 0 Å². The molecular weight excluding hydrogens is 1160 g/mol. The van der Waals surface area contributed by atoms with Crippen molar-refractivity contribution in [2.45, 2.75) is 131 Å². The summed E-state index contributed by atoms with van der Waals surface area (Å²) in [4.78, 5) is 0. The molecule has 0 atom stereocenters. The first-order valence-electron chi connectivity index (χ1n) is 20.0. The SMILES string of the molecule is Cc1[nH]ncc1C1(Br)CC1.Cc1cc(C2(Br)CC2)n[nH]1.Cc1cc(C2(Br)CC2)on1.Cc1nocc1C1(Br)CC1.Cn1cc(C2(Br)CC2)nn1.Cn1nncc1C1(Br)CC1. The van der Waals surface area contributed by atoms with E-state index in [2.05, 4.69) is 160 Å². The Hall–Kier alpha value is -2.00. The van der Waals surface area contributed by atoms with Crippen LogP contribution in [0.5, 0.6) is 0 Å². The fraction of sp³-hybridized carbons (Fsp3) is 0.600. The van der Waals surface area contributed by atoms with Gasteiger partial charge in [0, 0.05) is 48.9 Å². The highest BCUT2D eigenvalue weighted by atomic mass is 79.9. The Morgan fingerprint density at radius 3 is 1.62 bits per heavy atom. The first kappa shape index (κ1) is 46.0. The number of alkyl halides is 6. The fourth-order valence-corrected chi connectivity index (χ4v) is 9.11. The van der Waals surface area contributed by atoms with Gasteiger partial charge in [0.1, 0.15) is 6.26 Å². The van der Waals surface area contributed by atoms with Gasteiger partial charge < -0.3 is 9.05 Å². The molecule has 0 bridgehead atoms. The molecule has 14 nitrogen and oxygen atoms in total. The number of halogens is 6. The van der Waals surface area contributed by atoms with E-state index in [1.165, 1.54) is 99.6 Å². The molecule has 6 heterocycles. The quantitative estimate of drug-likeness (QED) is 0.153. The summed E-state index contributed by atoms with van der Waals surface area (Å²) in [6, 6.07) is 4.09. The highest BCUT2D eigenvalue weighted by Crippen LogP contribution is 2.57. The zero-order chi connectivity index (χ0) is 43.1. The van der Waals surface area contributed by atoms with Crippen LogP contribution in [-0.4, -0.2) is 60.7 Å². The molecule has 6 aromatic rings. The molecule has 6 fully saturated rings. The van der Waals surface area contributed by atoms with Crippen LogP contribution in [0.25, 0.3) is 0 Å². The highest BCUT2D eigenvalue weighted by molar-refractivity contribution is 9.10. The standard InChI is InChI=1S/2C7H9BrN2.2C7H8BrNO.2C6H8BrN3/c1-5-6(4-9-10-5)7(8)2-3-7;1-5-4-6(10-9-5)7(8)2-3-7;1-5-6(4-10-9-5)7(8)2-3-7;1-5-4-6(10-9-5)7(8)2-3-7;1-10-4-5(8-9-10)6(7)2-3-6;1-10-5(4-8-9-10)6(7)2-3-6/h2*4H,2-3H2,1H3,(H,9,10);4*4H,2-3H2,1H3. The van der Waals surface area contributed by atoms with Crippen molar-refractivity contribution < 1.29 is 9.05 Å². The molecule has 0 saturated heterocycles. The van der Waals surface area contributed by atoms with Crippen molar-refractivity contribution >= 4 is 95.6 Å². The smallest absolute Gasteiger partial charge is 0.153 e. The maximum Gasteiger partial charge on any atom is 0.153 e. The van der Waals surface area contributed by atoms with Gasteiger partial charge in [-0.3, -0.25) is 19.6 Å². The minimum absolute atomic E-state index is 0.147. The summed E-state index contributed by atoms with van der Waals surface area (Å²) < 4.78 is 14.8. The van der Waals surface area contributed by atoms with E-state index in [0.717, 1.165) is 34.2 Å². The van der Waals surface area contributed by atoms with Crippen LogP contribution in [0.1, 0.15) is 134 Å². The van der Waals surface area contributed by atoms with Gasteiger partial charge in [0.05, 0.1) is 66.8 Å². The summed E-state index contributed by atoms with van der Waals surface area (Å²) in [6.07, 6.45) is 21.9. The molecule has 6 aromatic heterocycles. The third-order valence-corrected chi connectivity index (χ3v) is 18.4. The molecule has 6 saturated carbocycles. The zero-order valence-corrected chi connectivity index (χ0v) is 44.0. The predicted octanol–water partition coefficient (Wildman–Crippen LogP) is 11.3. The van der Waals surface area contributed by atoms with E-state index < -0.39 is 0 Å². The van der Waals surface area contributed by atoms with Crippen LogP contribution >= 0.6 is 95.6 Å². The molecule has 0 spiro atoms. The van der Waals surface area contributed by atoms with Crippen LogP contribution in [0.4, 0.5) is 0 Å². The number of nitrogens with zero attached hydrogens (tertiary/aromatic N) is 10. The summed E-state index contributed by atoms with van der Waals surface area (Å²) >= 11 is 21.7. The number of hydrogen-bond acceptors (Lipinski definition) is 10. The number of aryl methyl sites for hydroxylation is 6. The topological polar surface area (TPSA) is 171 Å². The Morgan fingerprint density at radius 1 is 0.633 bits per heavy atom. The van der Waals surface area contributed by atoms with Gasteiger partial charge in [-0.2, -0.15) is 10.2 Å². The van der Waals surface area contributed by atoms with Crippen LogP contribution < -0.4 is 0 Å². The minimum atomic E-state index is 0.147.